The summed E-state index contributed by atoms with van der Waals surface area (Å²) in [6.45, 7) is 10.9. The lowest BCUT2D eigenvalue weighted by Crippen LogP contribution is -2.22. The van der Waals surface area contributed by atoms with Crippen LogP contribution in [0.2, 0.25) is 0 Å². The zero-order valence-electron chi connectivity index (χ0n) is 25.9. The Morgan fingerprint density at radius 1 is 0.522 bits per heavy atom. The molecule has 0 bridgehead atoms. The predicted octanol–water partition coefficient (Wildman–Crippen LogP) is 7.07. The van der Waals surface area contributed by atoms with E-state index in [1.165, 1.54) is 18.2 Å². The van der Waals surface area contributed by atoms with E-state index in [2.05, 4.69) is 0 Å². The number of hydrogen-bond donors (Lipinski definition) is 2. The van der Waals surface area contributed by atoms with Crippen molar-refractivity contribution in [2.75, 3.05) is 0 Å². The van der Waals surface area contributed by atoms with Gasteiger partial charge in [0.05, 0.1) is 14.7 Å². The minimum absolute atomic E-state index is 0.150. The van der Waals surface area contributed by atoms with Crippen molar-refractivity contribution in [1.82, 2.24) is 0 Å². The topological polar surface area (TPSA) is 171 Å². The predicted molar refractivity (Wildman–Crippen MR) is 170 cm³/mol. The number of rotatable bonds is 9. The van der Waals surface area contributed by atoms with Crippen LogP contribution in [-0.2, 0) is 35.5 Å². The average Bonchev–Trinajstić information content (AvgIpc) is 2.92. The lowest BCUT2D eigenvalue weighted by molar-refractivity contribution is 0.131. The summed E-state index contributed by atoms with van der Waals surface area (Å²) in [5.41, 5.74) is -0.936. The first kappa shape index (κ1) is 34.9. The average molecular weight is 691 g/mol. The van der Waals surface area contributed by atoms with E-state index in [0.717, 1.165) is 24.3 Å². The maximum atomic E-state index is 13.5. The molecule has 0 radical (unpaired) electrons. The Labute approximate surface area is 269 Å². The molecule has 0 unspecified atom stereocenters. The molecule has 0 saturated carbocycles. The normalized spacial score (nSPS) is 12.9. The molecule has 0 heterocycles. The largest absolute Gasteiger partial charge is 0.488 e. The standard InChI is InChI=1S/C32H34O11S3/c1-31(2,3)27-17-15-25(19-29(27)45(35,36)37)44(33,34)26-16-18-28(30(20-26)46(38,39)40)42-23-9-7-21(8-10-23)41-22-11-13-24(14-12-22)43-32(4,5)6/h7-20H,1-6H3,(H,35,36,37)(H,38,39,40). The number of sulfone groups is 1. The molecule has 4 rings (SSSR count). The van der Waals surface area contributed by atoms with Crippen LogP contribution in [0.4, 0.5) is 0 Å². The second-order valence-electron chi connectivity index (χ2n) is 12.3. The summed E-state index contributed by atoms with van der Waals surface area (Å²) in [5, 5.41) is 0. The van der Waals surface area contributed by atoms with Gasteiger partial charge in [-0.15, -0.1) is 0 Å². The molecule has 0 aliphatic rings. The maximum Gasteiger partial charge on any atom is 0.298 e. The van der Waals surface area contributed by atoms with Crippen molar-refractivity contribution in [3.8, 4) is 28.7 Å². The van der Waals surface area contributed by atoms with Gasteiger partial charge < -0.3 is 14.2 Å². The van der Waals surface area contributed by atoms with Crippen molar-refractivity contribution in [2.45, 2.75) is 72.1 Å². The summed E-state index contributed by atoms with van der Waals surface area (Å²) in [4.78, 5) is -2.53. The molecule has 46 heavy (non-hydrogen) atoms. The first-order valence-electron chi connectivity index (χ1n) is 13.8. The molecule has 0 atom stereocenters. The minimum Gasteiger partial charge on any atom is -0.488 e. The first-order chi connectivity index (χ1) is 21.0. The Hall–Kier alpha value is -3.95. The Kier molecular flexibility index (Phi) is 9.37. The van der Waals surface area contributed by atoms with E-state index in [4.69, 9.17) is 14.2 Å². The van der Waals surface area contributed by atoms with E-state index in [1.54, 1.807) is 57.2 Å². The molecule has 0 spiro atoms. The molecule has 246 valence electrons. The zero-order chi connectivity index (χ0) is 34.3. The third kappa shape index (κ3) is 8.44. The summed E-state index contributed by atoms with van der Waals surface area (Å²) in [6, 6.07) is 19.1. The van der Waals surface area contributed by atoms with Gasteiger partial charge in [0.15, 0.2) is 0 Å². The molecular formula is C32H34O11S3. The second-order valence-corrected chi connectivity index (χ2v) is 17.1. The fourth-order valence-electron chi connectivity index (χ4n) is 4.35. The van der Waals surface area contributed by atoms with Crippen LogP contribution in [0, 0.1) is 0 Å². The van der Waals surface area contributed by atoms with Crippen LogP contribution in [0.3, 0.4) is 0 Å². The molecular weight excluding hydrogens is 657 g/mol. The lowest BCUT2D eigenvalue weighted by Gasteiger charge is -2.22. The SMILES string of the molecule is CC(C)(C)Oc1ccc(Oc2ccc(Oc3ccc(S(=O)(=O)c4ccc(C(C)(C)C)c(S(=O)(=O)O)c4)cc3S(=O)(=O)O)cc2)cc1. The zero-order valence-corrected chi connectivity index (χ0v) is 28.3. The van der Waals surface area contributed by atoms with E-state index < -0.39 is 55.1 Å². The van der Waals surface area contributed by atoms with Crippen LogP contribution in [0.5, 0.6) is 28.7 Å². The molecule has 0 fully saturated rings. The van der Waals surface area contributed by atoms with E-state index >= 15 is 0 Å². The number of benzene rings is 4. The van der Waals surface area contributed by atoms with Gasteiger partial charge in [0.2, 0.25) is 9.84 Å². The molecule has 0 amide bonds. The monoisotopic (exact) mass is 690 g/mol. The van der Waals surface area contributed by atoms with Gasteiger partial charge in [0.25, 0.3) is 20.2 Å². The third-order valence-corrected chi connectivity index (χ3v) is 9.91. The Morgan fingerprint density at radius 2 is 0.935 bits per heavy atom. The minimum atomic E-state index is -5.00. The summed E-state index contributed by atoms with van der Waals surface area (Å²) in [5.74, 6) is 1.44. The highest BCUT2D eigenvalue weighted by molar-refractivity contribution is 7.91. The van der Waals surface area contributed by atoms with Crippen LogP contribution in [0.1, 0.15) is 47.1 Å². The second kappa shape index (κ2) is 12.3. The lowest BCUT2D eigenvalue weighted by atomic mass is 9.87. The Bertz CT molecular complexity index is 2070. The molecule has 0 aliphatic heterocycles. The van der Waals surface area contributed by atoms with Crippen molar-refractivity contribution in [3.05, 3.63) is 90.5 Å². The van der Waals surface area contributed by atoms with Crippen LogP contribution in [0.15, 0.2) is 105 Å². The van der Waals surface area contributed by atoms with E-state index in [9.17, 15) is 34.4 Å². The fourth-order valence-corrected chi connectivity index (χ4v) is 7.38. The molecule has 0 saturated heterocycles. The first-order valence-corrected chi connectivity index (χ1v) is 18.1. The van der Waals surface area contributed by atoms with Gasteiger partial charge in [0, 0.05) is 0 Å². The highest BCUT2D eigenvalue weighted by Gasteiger charge is 2.29. The molecule has 14 heteroatoms. The van der Waals surface area contributed by atoms with Crippen molar-refractivity contribution in [3.63, 3.8) is 0 Å². The number of hydrogen-bond acceptors (Lipinski definition) is 9. The smallest absolute Gasteiger partial charge is 0.298 e. The Balaban J connectivity index is 1.61. The van der Waals surface area contributed by atoms with Gasteiger partial charge in [-0.1, -0.05) is 26.8 Å². The van der Waals surface area contributed by atoms with E-state index in [-0.39, 0.29) is 22.7 Å². The molecule has 0 aliphatic carbocycles. The maximum absolute atomic E-state index is 13.5. The van der Waals surface area contributed by atoms with Gasteiger partial charge in [-0.2, -0.15) is 16.8 Å². The summed E-state index contributed by atoms with van der Waals surface area (Å²) >= 11 is 0. The van der Waals surface area contributed by atoms with Gasteiger partial charge in [-0.3, -0.25) is 9.11 Å². The van der Waals surface area contributed by atoms with Crippen molar-refractivity contribution in [1.29, 1.82) is 0 Å². The summed E-state index contributed by atoms with van der Waals surface area (Å²) in [7, 11) is -14.4. The fraction of sp³-hybridized carbons (Fsp3) is 0.250. The van der Waals surface area contributed by atoms with Crippen LogP contribution in [0.25, 0.3) is 0 Å². The summed E-state index contributed by atoms with van der Waals surface area (Å²) < 4.78 is 113. The van der Waals surface area contributed by atoms with Gasteiger partial charge in [-0.25, -0.2) is 8.42 Å². The third-order valence-electron chi connectivity index (χ3n) is 6.39. The molecule has 0 aromatic heterocycles. The van der Waals surface area contributed by atoms with Gasteiger partial charge in [-0.05, 0) is 111 Å². The van der Waals surface area contributed by atoms with Gasteiger partial charge in [0.1, 0.15) is 39.2 Å². The highest BCUT2D eigenvalue weighted by atomic mass is 32.2. The summed E-state index contributed by atoms with van der Waals surface area (Å²) in [6.07, 6.45) is 0. The van der Waals surface area contributed by atoms with Crippen LogP contribution in [-0.4, -0.2) is 40.0 Å². The van der Waals surface area contributed by atoms with Crippen molar-refractivity contribution in [2.24, 2.45) is 0 Å². The van der Waals surface area contributed by atoms with E-state index in [1.807, 2.05) is 20.8 Å². The van der Waals surface area contributed by atoms with Gasteiger partial charge >= 0.3 is 0 Å². The van der Waals surface area contributed by atoms with Crippen molar-refractivity contribution < 1.29 is 48.6 Å². The van der Waals surface area contributed by atoms with Crippen LogP contribution < -0.4 is 14.2 Å². The highest BCUT2D eigenvalue weighted by Crippen LogP contribution is 2.36. The Morgan fingerprint density at radius 3 is 1.37 bits per heavy atom. The van der Waals surface area contributed by atoms with Crippen molar-refractivity contribution >= 4 is 30.1 Å². The molecule has 4 aromatic rings. The van der Waals surface area contributed by atoms with Crippen LogP contribution >= 0.6 is 0 Å². The molecule has 4 aromatic carbocycles. The molecule has 2 N–H and O–H groups in total. The number of ether oxygens (including phenoxy) is 3. The van der Waals surface area contributed by atoms with E-state index in [0.29, 0.717) is 23.3 Å². The quantitative estimate of drug-likeness (QED) is 0.172. The molecule has 11 nitrogen and oxygen atoms in total.